The molecular weight excluding hydrogens is 308 g/mol. The lowest BCUT2D eigenvalue weighted by Gasteiger charge is -2.30. The number of nitrogens with one attached hydrogen (secondary N) is 1. The van der Waals surface area contributed by atoms with Crippen LogP contribution in [-0.2, 0) is 0 Å². The summed E-state index contributed by atoms with van der Waals surface area (Å²) in [5.41, 5.74) is 1.76. The van der Waals surface area contributed by atoms with Crippen LogP contribution >= 0.6 is 0 Å². The monoisotopic (exact) mass is 328 g/mol. The van der Waals surface area contributed by atoms with Crippen molar-refractivity contribution in [3.05, 3.63) is 53.5 Å². The number of aliphatic hydroxyl groups excluding tert-OH is 1. The lowest BCUT2D eigenvalue weighted by Crippen LogP contribution is -2.42. The molecule has 0 radical (unpaired) electrons. The molecule has 2 amide bonds. The second-order valence-electron chi connectivity index (χ2n) is 6.01. The normalized spacial score (nSPS) is 17.6. The van der Waals surface area contributed by atoms with Crippen LogP contribution in [0, 0.1) is 6.92 Å². The van der Waals surface area contributed by atoms with Crippen LogP contribution in [0.25, 0.3) is 0 Å². The zero-order valence-electron chi connectivity index (χ0n) is 13.5. The predicted octanol–water partition coefficient (Wildman–Crippen LogP) is 2.44. The van der Waals surface area contributed by atoms with Crippen LogP contribution in [0.15, 0.2) is 41.0 Å². The molecule has 1 aromatic carbocycles. The second kappa shape index (κ2) is 6.88. The molecule has 3 rings (SSSR count). The van der Waals surface area contributed by atoms with Gasteiger partial charge in [0.25, 0.3) is 11.8 Å². The predicted molar refractivity (Wildman–Crippen MR) is 89.0 cm³/mol. The fraction of sp³-hybridized carbons (Fsp3) is 0.333. The highest BCUT2D eigenvalue weighted by atomic mass is 16.3. The Morgan fingerprint density at radius 3 is 2.88 bits per heavy atom. The van der Waals surface area contributed by atoms with Crippen LogP contribution in [0.1, 0.15) is 39.3 Å². The van der Waals surface area contributed by atoms with Crippen molar-refractivity contribution in [2.75, 3.05) is 18.4 Å². The first-order valence-corrected chi connectivity index (χ1v) is 7.97. The van der Waals surface area contributed by atoms with E-state index in [0.29, 0.717) is 24.3 Å². The molecule has 2 aromatic rings. The zero-order chi connectivity index (χ0) is 17.1. The summed E-state index contributed by atoms with van der Waals surface area (Å²) in [6, 6.07) is 8.50. The van der Waals surface area contributed by atoms with Gasteiger partial charge >= 0.3 is 0 Å². The molecule has 1 aromatic heterocycles. The number of hydrogen-bond donors (Lipinski definition) is 2. The summed E-state index contributed by atoms with van der Waals surface area (Å²) >= 11 is 0. The van der Waals surface area contributed by atoms with E-state index in [0.717, 1.165) is 18.4 Å². The lowest BCUT2D eigenvalue weighted by molar-refractivity contribution is 0.0474. The molecule has 0 bridgehead atoms. The van der Waals surface area contributed by atoms with Gasteiger partial charge in [-0.25, -0.2) is 0 Å². The van der Waals surface area contributed by atoms with Gasteiger partial charge in [0, 0.05) is 29.9 Å². The largest absolute Gasteiger partial charge is 0.459 e. The zero-order valence-corrected chi connectivity index (χ0v) is 13.5. The Kier molecular flexibility index (Phi) is 4.66. The Bertz CT molecular complexity index is 753. The molecule has 1 fully saturated rings. The maximum atomic E-state index is 12.5. The summed E-state index contributed by atoms with van der Waals surface area (Å²) in [6.07, 6.45) is 2.52. The van der Waals surface area contributed by atoms with Gasteiger partial charge in [0.15, 0.2) is 5.76 Å². The van der Waals surface area contributed by atoms with Gasteiger partial charge in [-0.15, -0.1) is 0 Å². The minimum Gasteiger partial charge on any atom is -0.459 e. The number of benzene rings is 1. The number of β-amino-alcohol motifs (C(OH)–C–C–N with tert-alkyl or cyclic N) is 1. The molecule has 0 aliphatic carbocycles. The van der Waals surface area contributed by atoms with E-state index >= 15 is 0 Å². The Morgan fingerprint density at radius 1 is 1.33 bits per heavy atom. The number of piperidine rings is 1. The number of hydrogen-bond acceptors (Lipinski definition) is 4. The second-order valence-corrected chi connectivity index (χ2v) is 6.01. The molecule has 1 atom stereocenters. The van der Waals surface area contributed by atoms with Gasteiger partial charge in [-0.2, -0.15) is 0 Å². The first kappa shape index (κ1) is 16.3. The van der Waals surface area contributed by atoms with E-state index in [1.165, 1.54) is 6.26 Å². The number of carbonyl (C=O) groups is 2. The number of anilines is 1. The van der Waals surface area contributed by atoms with Crippen molar-refractivity contribution in [2.24, 2.45) is 0 Å². The van der Waals surface area contributed by atoms with Crippen molar-refractivity contribution in [1.82, 2.24) is 4.90 Å². The number of carbonyl (C=O) groups excluding carboxylic acids is 2. The van der Waals surface area contributed by atoms with Crippen LogP contribution < -0.4 is 5.32 Å². The van der Waals surface area contributed by atoms with Crippen molar-refractivity contribution in [1.29, 1.82) is 0 Å². The van der Waals surface area contributed by atoms with Crippen molar-refractivity contribution >= 4 is 17.5 Å². The third-order valence-electron chi connectivity index (χ3n) is 4.12. The molecule has 2 heterocycles. The van der Waals surface area contributed by atoms with Gasteiger partial charge in [0.2, 0.25) is 0 Å². The van der Waals surface area contributed by atoms with Crippen LogP contribution in [0.5, 0.6) is 0 Å². The van der Waals surface area contributed by atoms with Crippen LogP contribution in [0.3, 0.4) is 0 Å². The topological polar surface area (TPSA) is 82.8 Å². The highest BCUT2D eigenvalue weighted by Gasteiger charge is 2.23. The number of amides is 2. The summed E-state index contributed by atoms with van der Waals surface area (Å²) in [7, 11) is 0. The number of likely N-dealkylation sites (tertiary alicyclic amines) is 1. The number of rotatable bonds is 3. The minimum absolute atomic E-state index is 0.140. The third-order valence-corrected chi connectivity index (χ3v) is 4.12. The Morgan fingerprint density at radius 2 is 2.17 bits per heavy atom. The summed E-state index contributed by atoms with van der Waals surface area (Å²) in [4.78, 5) is 26.4. The summed E-state index contributed by atoms with van der Waals surface area (Å²) in [5.74, 6) is -0.236. The van der Waals surface area contributed by atoms with Crippen molar-refractivity contribution in [2.45, 2.75) is 25.9 Å². The van der Waals surface area contributed by atoms with Gasteiger partial charge in [-0.3, -0.25) is 9.59 Å². The van der Waals surface area contributed by atoms with Crippen LogP contribution in [0.2, 0.25) is 0 Å². The van der Waals surface area contributed by atoms with Crippen molar-refractivity contribution in [3.63, 3.8) is 0 Å². The van der Waals surface area contributed by atoms with E-state index in [1.54, 1.807) is 42.2 Å². The standard InChI is InChI=1S/C18H20N2O4/c1-12-7-9-24-16(12)17(22)19-14-5-2-4-13(10-14)18(23)20-8-3-6-15(21)11-20/h2,4-5,7,9-10,15,21H,3,6,8,11H2,1H3,(H,19,22)/t15-/m0/s1. The smallest absolute Gasteiger partial charge is 0.291 e. The fourth-order valence-corrected chi connectivity index (χ4v) is 2.84. The molecule has 0 saturated carbocycles. The lowest BCUT2D eigenvalue weighted by atomic mass is 10.1. The van der Waals surface area contributed by atoms with Gasteiger partial charge in [0.05, 0.1) is 12.4 Å². The number of furan rings is 1. The average Bonchev–Trinajstić information content (AvgIpc) is 3.00. The summed E-state index contributed by atoms with van der Waals surface area (Å²) in [5, 5.41) is 12.5. The van der Waals surface area contributed by atoms with E-state index in [1.807, 2.05) is 0 Å². The van der Waals surface area contributed by atoms with Crippen molar-refractivity contribution < 1.29 is 19.1 Å². The molecule has 24 heavy (non-hydrogen) atoms. The SMILES string of the molecule is Cc1ccoc1C(=O)Nc1cccc(C(=O)N2CCC[C@H](O)C2)c1. The maximum absolute atomic E-state index is 12.5. The fourth-order valence-electron chi connectivity index (χ4n) is 2.84. The molecular formula is C18H20N2O4. The highest BCUT2D eigenvalue weighted by molar-refractivity contribution is 6.04. The highest BCUT2D eigenvalue weighted by Crippen LogP contribution is 2.18. The molecule has 126 valence electrons. The Labute approximate surface area is 140 Å². The van der Waals surface area contributed by atoms with Gasteiger partial charge < -0.3 is 19.7 Å². The van der Waals surface area contributed by atoms with Gasteiger partial charge in [-0.1, -0.05) is 6.07 Å². The molecule has 6 nitrogen and oxygen atoms in total. The van der Waals surface area contributed by atoms with E-state index < -0.39 is 6.10 Å². The number of nitrogens with zero attached hydrogens (tertiary/aromatic N) is 1. The summed E-state index contributed by atoms with van der Waals surface area (Å²) < 4.78 is 5.17. The number of aryl methyl sites for hydroxylation is 1. The van der Waals surface area contributed by atoms with E-state index in [4.69, 9.17) is 4.42 Å². The molecule has 1 saturated heterocycles. The maximum Gasteiger partial charge on any atom is 0.291 e. The Hall–Kier alpha value is -2.60. The summed E-state index contributed by atoms with van der Waals surface area (Å²) in [6.45, 7) is 2.78. The van der Waals surface area contributed by atoms with Crippen LogP contribution in [-0.4, -0.2) is 41.0 Å². The quantitative estimate of drug-likeness (QED) is 0.906. The first-order chi connectivity index (χ1) is 11.5. The molecule has 6 heteroatoms. The molecule has 0 unspecified atom stereocenters. The molecule has 1 aliphatic rings. The van der Waals surface area contributed by atoms with E-state index in [2.05, 4.69) is 5.32 Å². The Balaban J connectivity index is 1.73. The molecule has 0 spiro atoms. The third kappa shape index (κ3) is 3.49. The van der Waals surface area contributed by atoms with Crippen LogP contribution in [0.4, 0.5) is 5.69 Å². The average molecular weight is 328 g/mol. The minimum atomic E-state index is -0.465. The van der Waals surface area contributed by atoms with E-state index in [9.17, 15) is 14.7 Å². The van der Waals surface area contributed by atoms with Gasteiger partial charge in [-0.05, 0) is 44.0 Å². The number of aliphatic hydroxyl groups is 1. The van der Waals surface area contributed by atoms with Gasteiger partial charge in [0.1, 0.15) is 0 Å². The van der Waals surface area contributed by atoms with Crippen molar-refractivity contribution in [3.8, 4) is 0 Å². The molecule has 1 aliphatic heterocycles. The molecule has 2 N–H and O–H groups in total. The van der Waals surface area contributed by atoms with E-state index in [-0.39, 0.29) is 17.6 Å². The first-order valence-electron chi connectivity index (χ1n) is 7.97.